The Balaban J connectivity index is -0.0000000200. The van der Waals surface area contributed by atoms with Gasteiger partial charge >= 0.3 is 0 Å². The molecule has 0 aliphatic rings. The second-order valence-corrected chi connectivity index (χ2v) is 0.0583. The summed E-state index contributed by atoms with van der Waals surface area (Å²) in [5.41, 5.74) is 0. The standard InChI is InChI=1S/Al.F2O.Ni.3H/c;1-3-2;;;;. The quantitative estimate of drug-likeness (QED) is 0.418. The van der Waals surface area contributed by atoms with Crippen molar-refractivity contribution in [3.63, 3.8) is 0 Å². The van der Waals surface area contributed by atoms with Crippen LogP contribution in [0.1, 0.15) is 0 Å². The predicted molar refractivity (Wildman–Crippen MR) is 13.2 cm³/mol. The van der Waals surface area contributed by atoms with Gasteiger partial charge in [0.2, 0.25) is 0 Å². The first-order valence-electron chi connectivity index (χ1n) is 0.309. The molecule has 0 saturated carbocycles. The molecule has 0 N–H and O–H groups in total. The van der Waals surface area contributed by atoms with Crippen molar-refractivity contribution in [2.75, 3.05) is 0 Å². The molecule has 5 heavy (non-hydrogen) atoms. The molecule has 36 valence electrons. The molecule has 0 aliphatic carbocycles. The molecule has 0 atom stereocenters. The van der Waals surface area contributed by atoms with Crippen LogP contribution >= 0.6 is 0 Å². The maximum atomic E-state index is 9.12. The largest absolute Gasteiger partial charge is 0.187 e. The fourth-order valence-electron chi connectivity index (χ4n) is 0. The normalized spacial score (nSPS) is 3.60. The predicted octanol–water partition coefficient (Wildman–Crippen LogP) is -0.414. The summed E-state index contributed by atoms with van der Waals surface area (Å²) in [4.78, 5) is 0. The van der Waals surface area contributed by atoms with Crippen LogP contribution in [0.25, 0.3) is 0 Å². The molecule has 0 rings (SSSR count). The maximum Gasteiger partial charge on any atom is 0.187 e. The molecule has 0 fully saturated rings. The molecule has 1 nitrogen and oxygen atoms in total. The molecule has 0 saturated heterocycles. The van der Waals surface area contributed by atoms with E-state index in [0.29, 0.717) is 0 Å². The molecule has 0 unspecified atom stereocenters. The van der Waals surface area contributed by atoms with Crippen molar-refractivity contribution in [3.05, 3.63) is 0 Å². The third-order valence-corrected chi connectivity index (χ3v) is 0. The van der Waals surface area contributed by atoms with Gasteiger partial charge in [0.1, 0.15) is 0 Å². The molecule has 0 aromatic rings. The van der Waals surface area contributed by atoms with E-state index in [0.717, 1.165) is 0 Å². The Kier molecular flexibility index (Phi) is 71.3. The van der Waals surface area contributed by atoms with Gasteiger partial charge in [0.05, 0.1) is 0 Å². The van der Waals surface area contributed by atoms with E-state index in [2.05, 4.69) is 0 Å². The molecule has 5 heteroatoms. The van der Waals surface area contributed by atoms with Crippen LogP contribution in [0.15, 0.2) is 0 Å². The summed E-state index contributed by atoms with van der Waals surface area (Å²) in [5, 5.41) is 1.25. The minimum absolute atomic E-state index is 0. The van der Waals surface area contributed by atoms with Gasteiger partial charge in [-0.15, -0.1) is 0 Å². The van der Waals surface area contributed by atoms with Crippen LogP contribution in [-0.2, 0) is 21.6 Å². The average molecular weight is 143 g/mol. The van der Waals surface area contributed by atoms with Crippen molar-refractivity contribution in [2.45, 2.75) is 0 Å². The van der Waals surface area contributed by atoms with E-state index < -0.39 is 0 Å². The minimum atomic E-state index is 0. The zero-order valence-corrected chi connectivity index (χ0v) is 2.47. The van der Waals surface area contributed by atoms with E-state index in [9.17, 15) is 0 Å². The summed E-state index contributed by atoms with van der Waals surface area (Å²) in [6, 6.07) is 0. The first kappa shape index (κ1) is 16.9. The van der Waals surface area contributed by atoms with Gasteiger partial charge in [-0.1, -0.05) is 0 Å². The van der Waals surface area contributed by atoms with Crippen molar-refractivity contribution in [3.8, 4) is 0 Å². The van der Waals surface area contributed by atoms with Crippen molar-refractivity contribution >= 4 is 17.4 Å². The molecule has 0 amide bonds. The Morgan fingerprint density at radius 3 is 1.20 bits per heavy atom. The number of hydrogen-bond donors (Lipinski definition) is 0. The van der Waals surface area contributed by atoms with E-state index in [4.69, 9.17) is 9.05 Å². The Bertz CT molecular complexity index is 9.61. The Hall–Kier alpha value is 0.846. The fraction of sp³-hybridized carbons (Fsp3) is 0. The van der Waals surface area contributed by atoms with Gasteiger partial charge in [-0.2, -0.15) is 0 Å². The fourth-order valence-corrected chi connectivity index (χ4v) is 0. The van der Waals surface area contributed by atoms with Crippen LogP contribution in [0.4, 0.5) is 9.05 Å². The van der Waals surface area contributed by atoms with Crippen molar-refractivity contribution < 1.29 is 30.7 Å². The topological polar surface area (TPSA) is 9.23 Å². The molecule has 0 bridgehead atoms. The zero-order chi connectivity index (χ0) is 2.71. The summed E-state index contributed by atoms with van der Waals surface area (Å²) in [6.07, 6.45) is 0. The van der Waals surface area contributed by atoms with Crippen LogP contribution in [0.3, 0.4) is 0 Å². The van der Waals surface area contributed by atoms with Gasteiger partial charge in [-0.3, -0.25) is 0 Å². The summed E-state index contributed by atoms with van der Waals surface area (Å²) < 4.78 is 18.2. The van der Waals surface area contributed by atoms with Crippen molar-refractivity contribution in [1.29, 1.82) is 0 Å². The molecular formula is H3AlF2NiO. The van der Waals surface area contributed by atoms with Crippen molar-refractivity contribution in [1.82, 2.24) is 0 Å². The van der Waals surface area contributed by atoms with Gasteiger partial charge in [-0.25, -0.2) is 0 Å². The Morgan fingerprint density at radius 1 is 1.20 bits per heavy atom. The van der Waals surface area contributed by atoms with Crippen LogP contribution in [0, 0.1) is 0 Å². The second-order valence-electron chi connectivity index (χ2n) is 0.0583. The van der Waals surface area contributed by atoms with Gasteiger partial charge in [0.15, 0.2) is 17.4 Å². The summed E-state index contributed by atoms with van der Waals surface area (Å²) >= 11 is 0. The first-order chi connectivity index (χ1) is 1.41. The van der Waals surface area contributed by atoms with Gasteiger partial charge in [0.25, 0.3) is 0 Å². The summed E-state index contributed by atoms with van der Waals surface area (Å²) in [7, 11) is 0. The van der Waals surface area contributed by atoms with Crippen molar-refractivity contribution in [2.24, 2.45) is 0 Å². The van der Waals surface area contributed by atoms with Gasteiger partial charge < -0.3 is 0 Å². The molecule has 0 heterocycles. The number of hydrogen-bond acceptors (Lipinski definition) is 1. The van der Waals surface area contributed by atoms with Crippen LogP contribution in [-0.4, -0.2) is 17.4 Å². The summed E-state index contributed by atoms with van der Waals surface area (Å²) in [5.74, 6) is 0. The molecule has 0 aliphatic heterocycles. The monoisotopic (exact) mass is 142 g/mol. The van der Waals surface area contributed by atoms with E-state index in [1.807, 2.05) is 0 Å². The molecular weight excluding hydrogens is 140 g/mol. The molecule has 0 aromatic heterocycles. The van der Waals surface area contributed by atoms with Gasteiger partial charge in [0, 0.05) is 21.6 Å². The zero-order valence-electron chi connectivity index (χ0n) is 1.48. The van der Waals surface area contributed by atoms with E-state index in [-0.39, 0.29) is 33.9 Å². The summed E-state index contributed by atoms with van der Waals surface area (Å²) in [6.45, 7) is 0. The van der Waals surface area contributed by atoms with E-state index in [1.54, 1.807) is 0 Å². The first-order valence-corrected chi connectivity index (χ1v) is 0.309. The third kappa shape index (κ3) is 54.8. The third-order valence-electron chi connectivity index (χ3n) is 0. The maximum absolute atomic E-state index is 9.12. The molecule has 0 radical (unpaired) electrons. The molecule has 0 aromatic carbocycles. The van der Waals surface area contributed by atoms with Gasteiger partial charge in [-0.05, 0) is 9.05 Å². The average Bonchev–Trinajstić information content (AvgIpc) is 0.918. The SMILES string of the molecule is FOF.[AlH3].[Ni]. The smallest absolute Gasteiger partial charge is 0.0104 e. The second kappa shape index (κ2) is 21.0. The van der Waals surface area contributed by atoms with E-state index in [1.165, 1.54) is 5.15 Å². The van der Waals surface area contributed by atoms with Crippen LogP contribution in [0.2, 0.25) is 0 Å². The Morgan fingerprint density at radius 2 is 1.20 bits per heavy atom. The van der Waals surface area contributed by atoms with Crippen LogP contribution < -0.4 is 0 Å². The molecule has 0 spiro atoms. The number of halogens is 2. The Labute approximate surface area is 48.5 Å². The number of rotatable bonds is 0. The minimum Gasteiger partial charge on any atom is -0.0104 e. The van der Waals surface area contributed by atoms with Crippen LogP contribution in [0.5, 0.6) is 0 Å². The van der Waals surface area contributed by atoms with E-state index >= 15 is 0 Å².